The molecule has 2 N–H and O–H groups in total. The molecule has 1 atom stereocenters. The van der Waals surface area contributed by atoms with Crippen molar-refractivity contribution in [3.8, 4) is 0 Å². The normalized spacial score (nSPS) is 12.6. The van der Waals surface area contributed by atoms with E-state index in [-0.39, 0.29) is 5.25 Å². The minimum atomic E-state index is 0.238. The van der Waals surface area contributed by atoms with Crippen LogP contribution in [0.5, 0.6) is 0 Å². The number of thioether (sulfide) groups is 1. The molecule has 4 heteroatoms. The summed E-state index contributed by atoms with van der Waals surface area (Å²) in [6.07, 6.45) is 1.71. The molecule has 17 heavy (non-hydrogen) atoms. The van der Waals surface area contributed by atoms with Gasteiger partial charge in [0, 0.05) is 21.2 Å². The maximum atomic E-state index is 5.87. The van der Waals surface area contributed by atoms with Gasteiger partial charge in [0.05, 0.1) is 6.26 Å². The fourth-order valence-corrected chi connectivity index (χ4v) is 3.42. The topological polar surface area (TPSA) is 39.2 Å². The largest absolute Gasteiger partial charge is 0.468 e. The highest BCUT2D eigenvalue weighted by Crippen LogP contribution is 2.39. The van der Waals surface area contributed by atoms with Crippen molar-refractivity contribution < 1.29 is 4.42 Å². The number of hydrogen-bond donors (Lipinski definition) is 1. The number of rotatable bonds is 4. The Morgan fingerprint density at radius 2 is 2.12 bits per heavy atom. The molecule has 0 fully saturated rings. The zero-order chi connectivity index (χ0) is 12.3. The van der Waals surface area contributed by atoms with E-state index in [4.69, 9.17) is 10.2 Å². The van der Waals surface area contributed by atoms with Crippen LogP contribution < -0.4 is 5.73 Å². The van der Waals surface area contributed by atoms with Crippen molar-refractivity contribution in [3.05, 3.63) is 52.4 Å². The standard InChI is InChI=1S/C13H14BrNOS/c1-9-12(6-7-16-9)17-13(8-15)10-4-2-3-5-11(10)14/h2-7,13H,8,15H2,1H3. The van der Waals surface area contributed by atoms with Crippen LogP contribution in [0.25, 0.3) is 0 Å². The summed E-state index contributed by atoms with van der Waals surface area (Å²) < 4.78 is 6.40. The first-order chi connectivity index (χ1) is 8.22. The molecule has 0 radical (unpaired) electrons. The van der Waals surface area contributed by atoms with E-state index in [9.17, 15) is 0 Å². The predicted molar refractivity (Wildman–Crippen MR) is 75.2 cm³/mol. The number of nitrogens with two attached hydrogens (primary N) is 1. The van der Waals surface area contributed by atoms with Crippen LogP contribution in [-0.4, -0.2) is 6.54 Å². The van der Waals surface area contributed by atoms with Crippen LogP contribution >= 0.6 is 27.7 Å². The number of aryl methyl sites for hydroxylation is 1. The van der Waals surface area contributed by atoms with E-state index in [1.165, 1.54) is 5.56 Å². The molecule has 0 spiro atoms. The van der Waals surface area contributed by atoms with Gasteiger partial charge in [-0.05, 0) is 24.6 Å². The molecule has 90 valence electrons. The highest BCUT2D eigenvalue weighted by molar-refractivity contribution is 9.10. The second-order valence-corrected chi connectivity index (χ2v) is 5.80. The van der Waals surface area contributed by atoms with Gasteiger partial charge in [-0.15, -0.1) is 11.8 Å². The summed E-state index contributed by atoms with van der Waals surface area (Å²) in [5.74, 6) is 0.945. The van der Waals surface area contributed by atoms with Gasteiger partial charge < -0.3 is 10.2 Å². The van der Waals surface area contributed by atoms with E-state index < -0.39 is 0 Å². The van der Waals surface area contributed by atoms with Gasteiger partial charge in [0.1, 0.15) is 5.76 Å². The summed E-state index contributed by atoms with van der Waals surface area (Å²) in [6.45, 7) is 2.56. The second-order valence-electron chi connectivity index (χ2n) is 3.70. The highest BCUT2D eigenvalue weighted by Gasteiger charge is 2.16. The Kier molecular flexibility index (Phi) is 4.31. The SMILES string of the molecule is Cc1occc1SC(CN)c1ccccc1Br. The Hall–Kier alpha value is -0.710. The lowest BCUT2D eigenvalue weighted by atomic mass is 10.1. The van der Waals surface area contributed by atoms with E-state index in [0.717, 1.165) is 15.1 Å². The van der Waals surface area contributed by atoms with Crippen LogP contribution in [0.1, 0.15) is 16.6 Å². The third-order valence-electron chi connectivity index (χ3n) is 2.55. The monoisotopic (exact) mass is 311 g/mol. The fourth-order valence-electron chi connectivity index (χ4n) is 1.62. The molecule has 0 amide bonds. The second kappa shape index (κ2) is 5.76. The first-order valence-corrected chi connectivity index (χ1v) is 7.05. The van der Waals surface area contributed by atoms with Crippen molar-refractivity contribution in [1.29, 1.82) is 0 Å². The van der Waals surface area contributed by atoms with Gasteiger partial charge in [0.2, 0.25) is 0 Å². The van der Waals surface area contributed by atoms with Gasteiger partial charge in [-0.3, -0.25) is 0 Å². The highest BCUT2D eigenvalue weighted by atomic mass is 79.9. The lowest BCUT2D eigenvalue weighted by molar-refractivity contribution is 0.526. The Morgan fingerprint density at radius 1 is 1.35 bits per heavy atom. The molecular formula is C13H14BrNOS. The molecule has 1 unspecified atom stereocenters. The first-order valence-electron chi connectivity index (χ1n) is 5.37. The molecule has 1 heterocycles. The third-order valence-corrected chi connectivity index (χ3v) is 4.68. The zero-order valence-electron chi connectivity index (χ0n) is 9.52. The van der Waals surface area contributed by atoms with Gasteiger partial charge in [-0.1, -0.05) is 34.1 Å². The molecule has 0 saturated carbocycles. The molecule has 2 aromatic rings. The zero-order valence-corrected chi connectivity index (χ0v) is 11.9. The van der Waals surface area contributed by atoms with Crippen LogP contribution in [0.15, 0.2) is 50.4 Å². The molecule has 2 rings (SSSR count). The van der Waals surface area contributed by atoms with Gasteiger partial charge in [0.25, 0.3) is 0 Å². The number of halogens is 1. The van der Waals surface area contributed by atoms with Crippen molar-refractivity contribution in [2.24, 2.45) is 5.73 Å². The van der Waals surface area contributed by atoms with Gasteiger partial charge in [-0.2, -0.15) is 0 Å². The number of furan rings is 1. The number of hydrogen-bond acceptors (Lipinski definition) is 3. The van der Waals surface area contributed by atoms with Crippen LogP contribution in [0.3, 0.4) is 0 Å². The van der Waals surface area contributed by atoms with E-state index in [2.05, 4.69) is 22.0 Å². The maximum absolute atomic E-state index is 5.87. The van der Waals surface area contributed by atoms with Gasteiger partial charge in [-0.25, -0.2) is 0 Å². The lowest BCUT2D eigenvalue weighted by Gasteiger charge is -2.15. The first kappa shape index (κ1) is 12.7. The summed E-state index contributed by atoms with van der Waals surface area (Å²) >= 11 is 5.31. The smallest absolute Gasteiger partial charge is 0.114 e. The minimum Gasteiger partial charge on any atom is -0.468 e. The molecular weight excluding hydrogens is 298 g/mol. The van der Waals surface area contributed by atoms with Crippen molar-refractivity contribution in [3.63, 3.8) is 0 Å². The Morgan fingerprint density at radius 3 is 2.71 bits per heavy atom. The summed E-state index contributed by atoms with van der Waals surface area (Å²) in [7, 11) is 0. The maximum Gasteiger partial charge on any atom is 0.114 e. The summed E-state index contributed by atoms with van der Waals surface area (Å²) in [5.41, 5.74) is 7.09. The summed E-state index contributed by atoms with van der Waals surface area (Å²) in [6, 6.07) is 10.2. The molecule has 0 aliphatic carbocycles. The number of benzene rings is 1. The fraction of sp³-hybridized carbons (Fsp3) is 0.231. The van der Waals surface area contributed by atoms with Gasteiger partial charge >= 0.3 is 0 Å². The summed E-state index contributed by atoms with van der Waals surface area (Å²) in [4.78, 5) is 1.15. The molecule has 0 aliphatic rings. The average molecular weight is 312 g/mol. The van der Waals surface area contributed by atoms with E-state index >= 15 is 0 Å². The van der Waals surface area contributed by atoms with Crippen molar-refractivity contribution in [2.45, 2.75) is 17.1 Å². The minimum absolute atomic E-state index is 0.238. The molecule has 1 aromatic carbocycles. The van der Waals surface area contributed by atoms with Crippen LogP contribution in [0, 0.1) is 6.92 Å². The van der Waals surface area contributed by atoms with Gasteiger partial charge in [0.15, 0.2) is 0 Å². The molecule has 0 bridgehead atoms. The predicted octanol–water partition coefficient (Wildman–Crippen LogP) is 4.14. The third kappa shape index (κ3) is 2.94. The Bertz CT molecular complexity index is 498. The Labute approximate surface area is 114 Å². The van der Waals surface area contributed by atoms with Crippen molar-refractivity contribution in [2.75, 3.05) is 6.54 Å². The molecule has 0 saturated heterocycles. The van der Waals surface area contributed by atoms with Crippen LogP contribution in [0.2, 0.25) is 0 Å². The quantitative estimate of drug-likeness (QED) is 0.862. The van der Waals surface area contributed by atoms with Crippen molar-refractivity contribution >= 4 is 27.7 Å². The van der Waals surface area contributed by atoms with Crippen LogP contribution in [0.4, 0.5) is 0 Å². The molecule has 2 nitrogen and oxygen atoms in total. The Balaban J connectivity index is 2.23. The molecule has 1 aromatic heterocycles. The lowest BCUT2D eigenvalue weighted by Crippen LogP contribution is -2.09. The molecule has 0 aliphatic heterocycles. The van der Waals surface area contributed by atoms with Crippen molar-refractivity contribution in [1.82, 2.24) is 0 Å². The average Bonchev–Trinajstić information content (AvgIpc) is 2.73. The van der Waals surface area contributed by atoms with E-state index in [0.29, 0.717) is 6.54 Å². The van der Waals surface area contributed by atoms with E-state index in [1.807, 2.05) is 31.2 Å². The van der Waals surface area contributed by atoms with E-state index in [1.54, 1.807) is 18.0 Å². The summed E-state index contributed by atoms with van der Waals surface area (Å²) in [5, 5.41) is 0.238. The van der Waals surface area contributed by atoms with Crippen LogP contribution in [-0.2, 0) is 0 Å².